The first-order valence-electron chi connectivity index (χ1n) is 6.94. The quantitative estimate of drug-likeness (QED) is 0.670. The van der Waals surface area contributed by atoms with Gasteiger partial charge < -0.3 is 9.64 Å². The summed E-state index contributed by atoms with van der Waals surface area (Å²) in [5.74, 6) is 0.824. The highest BCUT2D eigenvalue weighted by Crippen LogP contribution is 2.29. The Balaban J connectivity index is 2.22. The SMILES string of the molecule is CCC1CCCC(N(C)CCCC(=O)OC)C1. The van der Waals surface area contributed by atoms with E-state index in [4.69, 9.17) is 0 Å². The van der Waals surface area contributed by atoms with E-state index in [0.717, 1.165) is 24.9 Å². The zero-order chi connectivity index (χ0) is 12.7. The molecule has 0 aromatic carbocycles. The Hall–Kier alpha value is -0.570. The van der Waals surface area contributed by atoms with E-state index in [0.29, 0.717) is 6.42 Å². The van der Waals surface area contributed by atoms with Gasteiger partial charge in [-0.2, -0.15) is 0 Å². The van der Waals surface area contributed by atoms with Crippen LogP contribution >= 0.6 is 0 Å². The molecule has 0 aliphatic heterocycles. The van der Waals surface area contributed by atoms with E-state index in [9.17, 15) is 4.79 Å². The molecule has 3 heteroatoms. The van der Waals surface area contributed by atoms with Gasteiger partial charge in [0.2, 0.25) is 0 Å². The van der Waals surface area contributed by atoms with E-state index in [1.54, 1.807) is 0 Å². The lowest BCUT2D eigenvalue weighted by Gasteiger charge is -2.35. The molecule has 0 bridgehead atoms. The minimum absolute atomic E-state index is 0.0894. The van der Waals surface area contributed by atoms with Crippen LogP contribution in [0.5, 0.6) is 0 Å². The minimum Gasteiger partial charge on any atom is -0.469 e. The molecule has 0 aromatic rings. The number of methoxy groups -OCH3 is 1. The number of nitrogens with zero attached hydrogens (tertiary/aromatic N) is 1. The fraction of sp³-hybridized carbons (Fsp3) is 0.929. The van der Waals surface area contributed by atoms with Crippen molar-refractivity contribution in [3.05, 3.63) is 0 Å². The van der Waals surface area contributed by atoms with Gasteiger partial charge in [-0.25, -0.2) is 0 Å². The fourth-order valence-electron chi connectivity index (χ4n) is 2.79. The standard InChI is InChI=1S/C14H27NO2/c1-4-12-7-5-8-13(11-12)15(2)10-6-9-14(16)17-3/h12-13H,4-11H2,1-3H3. The van der Waals surface area contributed by atoms with Gasteiger partial charge in [-0.15, -0.1) is 0 Å². The first kappa shape index (κ1) is 14.5. The maximum atomic E-state index is 11.0. The van der Waals surface area contributed by atoms with Crippen molar-refractivity contribution in [3.63, 3.8) is 0 Å². The molecule has 17 heavy (non-hydrogen) atoms. The van der Waals surface area contributed by atoms with Crippen LogP contribution in [0.2, 0.25) is 0 Å². The Morgan fingerprint density at radius 3 is 2.82 bits per heavy atom. The van der Waals surface area contributed by atoms with Gasteiger partial charge in [-0.1, -0.05) is 26.2 Å². The molecule has 2 atom stereocenters. The molecule has 3 nitrogen and oxygen atoms in total. The van der Waals surface area contributed by atoms with Crippen LogP contribution in [-0.4, -0.2) is 37.6 Å². The normalized spacial score (nSPS) is 24.9. The summed E-state index contributed by atoms with van der Waals surface area (Å²) in [6.07, 6.45) is 8.21. The van der Waals surface area contributed by atoms with Crippen LogP contribution in [0.15, 0.2) is 0 Å². The molecule has 0 spiro atoms. The number of hydrogen-bond donors (Lipinski definition) is 0. The van der Waals surface area contributed by atoms with Gasteiger partial charge in [0.15, 0.2) is 0 Å². The van der Waals surface area contributed by atoms with Gasteiger partial charge in [-0.3, -0.25) is 4.79 Å². The largest absolute Gasteiger partial charge is 0.469 e. The molecule has 0 saturated heterocycles. The summed E-state index contributed by atoms with van der Waals surface area (Å²) in [6, 6.07) is 0.728. The molecule has 1 rings (SSSR count). The van der Waals surface area contributed by atoms with Crippen LogP contribution in [0.3, 0.4) is 0 Å². The predicted octanol–water partition coefficient (Wildman–Crippen LogP) is 2.84. The van der Waals surface area contributed by atoms with Crippen molar-refractivity contribution in [1.82, 2.24) is 4.90 Å². The molecule has 1 aliphatic carbocycles. The van der Waals surface area contributed by atoms with Crippen LogP contribution in [0, 0.1) is 5.92 Å². The Labute approximate surface area is 106 Å². The summed E-state index contributed by atoms with van der Waals surface area (Å²) >= 11 is 0. The zero-order valence-electron chi connectivity index (χ0n) is 11.6. The van der Waals surface area contributed by atoms with Crippen molar-refractivity contribution in [2.45, 2.75) is 57.9 Å². The number of carbonyl (C=O) groups excluding carboxylic acids is 1. The molecule has 2 unspecified atom stereocenters. The summed E-state index contributed by atoms with van der Waals surface area (Å²) in [5, 5.41) is 0. The lowest BCUT2D eigenvalue weighted by Crippen LogP contribution is -2.36. The third kappa shape index (κ3) is 5.07. The molecule has 1 fully saturated rings. The number of carbonyl (C=O) groups is 1. The maximum Gasteiger partial charge on any atom is 0.305 e. The van der Waals surface area contributed by atoms with Crippen molar-refractivity contribution >= 4 is 5.97 Å². The van der Waals surface area contributed by atoms with Crippen molar-refractivity contribution in [3.8, 4) is 0 Å². The molecule has 0 N–H and O–H groups in total. The van der Waals surface area contributed by atoms with Gasteiger partial charge >= 0.3 is 5.97 Å². The summed E-state index contributed by atoms with van der Waals surface area (Å²) in [7, 11) is 3.65. The number of esters is 1. The first-order chi connectivity index (χ1) is 8.17. The topological polar surface area (TPSA) is 29.5 Å². The van der Waals surface area contributed by atoms with E-state index in [1.165, 1.54) is 39.2 Å². The van der Waals surface area contributed by atoms with Gasteiger partial charge in [0.1, 0.15) is 0 Å². The molecule has 0 radical (unpaired) electrons. The smallest absolute Gasteiger partial charge is 0.305 e. The molecule has 0 aromatic heterocycles. The first-order valence-corrected chi connectivity index (χ1v) is 6.94. The molecular formula is C14H27NO2. The fourth-order valence-corrected chi connectivity index (χ4v) is 2.79. The Morgan fingerprint density at radius 2 is 2.18 bits per heavy atom. The van der Waals surface area contributed by atoms with Crippen LogP contribution in [-0.2, 0) is 9.53 Å². The zero-order valence-corrected chi connectivity index (χ0v) is 11.6. The molecule has 100 valence electrons. The third-order valence-electron chi connectivity index (χ3n) is 4.08. The second-order valence-electron chi connectivity index (χ2n) is 5.25. The Morgan fingerprint density at radius 1 is 1.41 bits per heavy atom. The summed E-state index contributed by atoms with van der Waals surface area (Å²) in [6.45, 7) is 3.31. The van der Waals surface area contributed by atoms with E-state index in [2.05, 4.69) is 23.6 Å². The van der Waals surface area contributed by atoms with Gasteiger partial charge in [0, 0.05) is 12.5 Å². The molecular weight excluding hydrogens is 214 g/mol. The summed E-state index contributed by atoms with van der Waals surface area (Å²) in [5.41, 5.74) is 0. The second kappa shape index (κ2) is 7.70. The molecule has 0 heterocycles. The summed E-state index contributed by atoms with van der Waals surface area (Å²) < 4.78 is 4.65. The highest BCUT2D eigenvalue weighted by molar-refractivity contribution is 5.69. The van der Waals surface area contributed by atoms with E-state index in [1.807, 2.05) is 0 Å². The van der Waals surface area contributed by atoms with Crippen LogP contribution in [0.4, 0.5) is 0 Å². The second-order valence-corrected chi connectivity index (χ2v) is 5.25. The number of hydrogen-bond acceptors (Lipinski definition) is 3. The lowest BCUT2D eigenvalue weighted by molar-refractivity contribution is -0.140. The average molecular weight is 241 g/mol. The Bertz CT molecular complexity index is 230. The molecule has 1 saturated carbocycles. The van der Waals surface area contributed by atoms with Gasteiger partial charge in [0.05, 0.1) is 7.11 Å². The number of ether oxygens (including phenoxy) is 1. The van der Waals surface area contributed by atoms with Gasteiger partial charge in [-0.05, 0) is 38.8 Å². The van der Waals surface area contributed by atoms with E-state index >= 15 is 0 Å². The average Bonchev–Trinajstić information content (AvgIpc) is 2.38. The minimum atomic E-state index is -0.0894. The number of rotatable bonds is 6. The summed E-state index contributed by atoms with van der Waals surface area (Å²) in [4.78, 5) is 13.5. The highest BCUT2D eigenvalue weighted by Gasteiger charge is 2.23. The van der Waals surface area contributed by atoms with Gasteiger partial charge in [0.25, 0.3) is 0 Å². The van der Waals surface area contributed by atoms with Crippen molar-refractivity contribution in [2.24, 2.45) is 5.92 Å². The lowest BCUT2D eigenvalue weighted by atomic mass is 9.83. The monoisotopic (exact) mass is 241 g/mol. The van der Waals surface area contributed by atoms with Crippen LogP contribution in [0.1, 0.15) is 51.9 Å². The van der Waals surface area contributed by atoms with Crippen LogP contribution < -0.4 is 0 Å². The van der Waals surface area contributed by atoms with Crippen molar-refractivity contribution in [2.75, 3.05) is 20.7 Å². The molecule has 0 amide bonds. The van der Waals surface area contributed by atoms with Crippen LogP contribution in [0.25, 0.3) is 0 Å². The predicted molar refractivity (Wildman–Crippen MR) is 69.9 cm³/mol. The van der Waals surface area contributed by atoms with E-state index < -0.39 is 0 Å². The molecule has 1 aliphatic rings. The van der Waals surface area contributed by atoms with Crippen molar-refractivity contribution < 1.29 is 9.53 Å². The highest BCUT2D eigenvalue weighted by atomic mass is 16.5. The maximum absolute atomic E-state index is 11.0. The third-order valence-corrected chi connectivity index (χ3v) is 4.08. The van der Waals surface area contributed by atoms with E-state index in [-0.39, 0.29) is 5.97 Å². The Kier molecular flexibility index (Phi) is 6.56. The van der Waals surface area contributed by atoms with Crippen molar-refractivity contribution in [1.29, 1.82) is 0 Å².